The Hall–Kier alpha value is -1.04. The van der Waals surface area contributed by atoms with Crippen molar-refractivity contribution in [1.29, 1.82) is 0 Å². The fraction of sp³-hybridized carbons (Fsp3) is 0.579. The number of nitrogens with zero attached hydrogens (tertiary/aromatic N) is 3. The molecular weight excluding hydrogens is 464 g/mol. The fourth-order valence-electron chi connectivity index (χ4n) is 3.84. The van der Waals surface area contributed by atoms with Gasteiger partial charge in [0.15, 0.2) is 5.13 Å². The van der Waals surface area contributed by atoms with Gasteiger partial charge < -0.3 is 5.32 Å². The first kappa shape index (κ1) is 22.2. The lowest BCUT2D eigenvalue weighted by molar-refractivity contribution is -0.120. The van der Waals surface area contributed by atoms with Crippen LogP contribution < -0.4 is 5.32 Å². The van der Waals surface area contributed by atoms with E-state index >= 15 is 0 Å². The van der Waals surface area contributed by atoms with Crippen LogP contribution in [0.25, 0.3) is 0 Å². The lowest BCUT2D eigenvalue weighted by atomic mass is 9.97. The fourth-order valence-corrected chi connectivity index (χ4v) is 7.98. The molecule has 0 bridgehead atoms. The van der Waals surface area contributed by atoms with Crippen molar-refractivity contribution in [2.24, 2.45) is 5.92 Å². The predicted molar refractivity (Wildman–Crippen MR) is 121 cm³/mol. The molecule has 1 amide bonds. The van der Waals surface area contributed by atoms with Crippen molar-refractivity contribution in [3.63, 3.8) is 0 Å². The molecule has 0 unspecified atom stereocenters. The molecule has 0 radical (unpaired) electrons. The Labute approximate surface area is 190 Å². The highest BCUT2D eigenvalue weighted by Crippen LogP contribution is 2.32. The summed E-state index contributed by atoms with van der Waals surface area (Å²) in [4.78, 5) is 21.0. The van der Waals surface area contributed by atoms with Crippen LogP contribution in [-0.2, 0) is 27.8 Å². The first-order valence-electron chi connectivity index (χ1n) is 10.0. The quantitative estimate of drug-likeness (QED) is 0.694. The normalized spacial score (nSPS) is 19.2. The highest BCUT2D eigenvalue weighted by atomic mass is 35.5. The van der Waals surface area contributed by atoms with Crippen LogP contribution in [0.3, 0.4) is 0 Å². The molecule has 0 aliphatic carbocycles. The number of piperidine rings is 1. The number of hydrogen-bond donors (Lipinski definition) is 1. The minimum atomic E-state index is -3.54. The van der Waals surface area contributed by atoms with E-state index in [9.17, 15) is 13.2 Å². The number of halogens is 1. The van der Waals surface area contributed by atoms with E-state index in [-0.39, 0.29) is 16.0 Å². The number of nitrogens with one attached hydrogen (secondary N) is 1. The van der Waals surface area contributed by atoms with Crippen LogP contribution in [0, 0.1) is 5.92 Å². The highest BCUT2D eigenvalue weighted by Gasteiger charge is 2.33. The maximum absolute atomic E-state index is 12.7. The Bertz CT molecular complexity index is 1030. The summed E-state index contributed by atoms with van der Waals surface area (Å²) < 4.78 is 27.6. The Balaban J connectivity index is 1.34. The van der Waals surface area contributed by atoms with Gasteiger partial charge in [0.25, 0.3) is 10.0 Å². The third kappa shape index (κ3) is 4.58. The van der Waals surface area contributed by atoms with Crippen LogP contribution in [-0.4, -0.2) is 54.2 Å². The summed E-state index contributed by atoms with van der Waals surface area (Å²) in [5, 5.41) is 3.62. The van der Waals surface area contributed by atoms with Gasteiger partial charge in [-0.25, -0.2) is 13.4 Å². The van der Waals surface area contributed by atoms with E-state index in [2.05, 4.69) is 29.0 Å². The predicted octanol–water partition coefficient (Wildman–Crippen LogP) is 3.66. The number of thiazole rings is 1. The molecule has 2 aliphatic heterocycles. The topological polar surface area (TPSA) is 82.6 Å². The van der Waals surface area contributed by atoms with Gasteiger partial charge in [-0.2, -0.15) is 4.31 Å². The van der Waals surface area contributed by atoms with Crippen molar-refractivity contribution in [3.8, 4) is 0 Å². The molecule has 7 nitrogen and oxygen atoms in total. The second-order valence-electron chi connectivity index (χ2n) is 7.93. The van der Waals surface area contributed by atoms with E-state index in [4.69, 9.17) is 11.6 Å². The summed E-state index contributed by atoms with van der Waals surface area (Å²) in [5.41, 5.74) is 1.09. The number of rotatable bonds is 5. The van der Waals surface area contributed by atoms with Gasteiger partial charge in [-0.05, 0) is 38.8 Å². The lowest BCUT2D eigenvalue weighted by Gasteiger charge is -2.29. The number of thiophene rings is 1. The molecule has 1 fully saturated rings. The average molecular weight is 489 g/mol. The average Bonchev–Trinajstić information content (AvgIpc) is 3.33. The third-order valence-corrected chi connectivity index (χ3v) is 10.3. The summed E-state index contributed by atoms with van der Waals surface area (Å²) in [7, 11) is -3.54. The van der Waals surface area contributed by atoms with Gasteiger partial charge in [0, 0.05) is 49.4 Å². The van der Waals surface area contributed by atoms with E-state index in [0.29, 0.717) is 41.4 Å². The highest BCUT2D eigenvalue weighted by molar-refractivity contribution is 7.91. The molecule has 11 heteroatoms. The Morgan fingerprint density at radius 1 is 1.23 bits per heavy atom. The molecule has 0 atom stereocenters. The molecule has 1 saturated heterocycles. The SMILES string of the molecule is CC(C)N1CCc2nc(NC(=O)C3CCN(S(=O)(=O)c4ccc(Cl)s4)CC3)sc2C1. The Morgan fingerprint density at radius 3 is 2.60 bits per heavy atom. The number of carbonyl (C=O) groups is 1. The van der Waals surface area contributed by atoms with Gasteiger partial charge in [0.1, 0.15) is 4.21 Å². The van der Waals surface area contributed by atoms with Crippen molar-refractivity contribution < 1.29 is 13.2 Å². The molecule has 4 rings (SSSR count). The van der Waals surface area contributed by atoms with E-state index in [1.807, 2.05) is 0 Å². The second kappa shape index (κ2) is 8.84. The summed E-state index contributed by atoms with van der Waals surface area (Å²) in [6, 6.07) is 3.61. The zero-order chi connectivity index (χ0) is 21.5. The maximum atomic E-state index is 12.7. The van der Waals surface area contributed by atoms with Crippen molar-refractivity contribution in [2.75, 3.05) is 25.0 Å². The van der Waals surface area contributed by atoms with E-state index in [1.54, 1.807) is 17.4 Å². The van der Waals surface area contributed by atoms with Gasteiger partial charge >= 0.3 is 0 Å². The molecule has 0 spiro atoms. The number of anilines is 1. The number of sulfonamides is 1. The Morgan fingerprint density at radius 2 is 1.97 bits per heavy atom. The minimum absolute atomic E-state index is 0.0713. The molecule has 2 aromatic heterocycles. The molecule has 0 saturated carbocycles. The summed E-state index contributed by atoms with van der Waals surface area (Å²) >= 11 is 8.49. The monoisotopic (exact) mass is 488 g/mol. The number of carbonyl (C=O) groups excluding carboxylic acids is 1. The largest absolute Gasteiger partial charge is 0.302 e. The molecule has 2 aromatic rings. The minimum Gasteiger partial charge on any atom is -0.302 e. The molecule has 1 N–H and O–H groups in total. The summed E-state index contributed by atoms with van der Waals surface area (Å²) in [6.45, 7) is 6.90. The van der Waals surface area contributed by atoms with Crippen LogP contribution in [0.15, 0.2) is 16.3 Å². The van der Waals surface area contributed by atoms with Crippen molar-refractivity contribution >= 4 is 55.3 Å². The molecule has 30 heavy (non-hydrogen) atoms. The van der Waals surface area contributed by atoms with Crippen molar-refractivity contribution in [3.05, 3.63) is 27.0 Å². The van der Waals surface area contributed by atoms with Crippen LogP contribution in [0.2, 0.25) is 4.34 Å². The van der Waals surface area contributed by atoms with Gasteiger partial charge in [-0.15, -0.1) is 22.7 Å². The van der Waals surface area contributed by atoms with Crippen LogP contribution in [0.4, 0.5) is 5.13 Å². The number of amides is 1. The van der Waals surface area contributed by atoms with Gasteiger partial charge in [-0.1, -0.05) is 11.6 Å². The summed E-state index contributed by atoms with van der Waals surface area (Å²) in [5.74, 6) is -0.283. The van der Waals surface area contributed by atoms with Crippen molar-refractivity contribution in [1.82, 2.24) is 14.2 Å². The van der Waals surface area contributed by atoms with Gasteiger partial charge in [0.2, 0.25) is 5.91 Å². The molecule has 164 valence electrons. The molecular formula is C19H25ClN4O3S3. The Kier molecular flexibility index (Phi) is 6.53. The van der Waals surface area contributed by atoms with E-state index in [1.165, 1.54) is 15.2 Å². The smallest absolute Gasteiger partial charge is 0.252 e. The number of fused-ring (bicyclic) bond motifs is 1. The van der Waals surface area contributed by atoms with E-state index < -0.39 is 10.0 Å². The maximum Gasteiger partial charge on any atom is 0.252 e. The zero-order valence-corrected chi connectivity index (χ0v) is 20.1. The number of hydrogen-bond acceptors (Lipinski definition) is 7. The molecule has 4 heterocycles. The van der Waals surface area contributed by atoms with E-state index in [0.717, 1.165) is 36.5 Å². The lowest BCUT2D eigenvalue weighted by Crippen LogP contribution is -2.41. The summed E-state index contributed by atoms with van der Waals surface area (Å²) in [6.07, 6.45) is 1.90. The van der Waals surface area contributed by atoms with Crippen LogP contribution in [0.5, 0.6) is 0 Å². The standard InChI is InChI=1S/C19H25ClN4O3S3/c1-12(2)23-8-7-14-15(11-23)28-19(21-14)22-18(25)13-5-9-24(10-6-13)30(26,27)17-4-3-16(20)29-17/h3-4,12-13H,5-11H2,1-2H3,(H,21,22,25). The van der Waals surface area contributed by atoms with Crippen molar-refractivity contribution in [2.45, 2.75) is 49.9 Å². The van der Waals surface area contributed by atoms with Gasteiger partial charge in [-0.3, -0.25) is 9.69 Å². The van der Waals surface area contributed by atoms with Crippen LogP contribution >= 0.6 is 34.3 Å². The van der Waals surface area contributed by atoms with Gasteiger partial charge in [0.05, 0.1) is 10.0 Å². The third-order valence-electron chi connectivity index (χ3n) is 5.69. The molecule has 0 aromatic carbocycles. The second-order valence-corrected chi connectivity index (χ2v) is 12.9. The number of aromatic nitrogens is 1. The van der Waals surface area contributed by atoms with Crippen LogP contribution in [0.1, 0.15) is 37.3 Å². The zero-order valence-electron chi connectivity index (χ0n) is 16.9. The first-order chi connectivity index (χ1) is 14.2. The first-order valence-corrected chi connectivity index (χ1v) is 13.5. The molecule has 2 aliphatic rings.